The minimum absolute atomic E-state index is 0.0278. The van der Waals surface area contributed by atoms with Crippen molar-refractivity contribution in [1.29, 1.82) is 0 Å². The van der Waals surface area contributed by atoms with Crippen LogP contribution in [0, 0.1) is 0 Å². The van der Waals surface area contributed by atoms with Crippen LogP contribution in [0.15, 0.2) is 108 Å². The molecule has 0 saturated carbocycles. The molecular weight excluding hydrogens is 709 g/mol. The third kappa shape index (κ3) is 8.24. The predicted molar refractivity (Wildman–Crippen MR) is 190 cm³/mol. The standard InChI is InChI=1S/C38H32N2O10S2/c1-22(41)48-29-16-15-26(18-30(29)49-23(2)42)37(45)47-20-27-21-52-36-32(39-31(43)19-28-14-9-17-51-28)35(44)40(36)33(27)38(46)50-34(24-10-5-3-6-11-24)25-12-7-4-8-13-25/h3-18,32,34,36H,19-21H2,1-2H3,(H,39,43)/t32?,36-/m1/s1. The van der Waals surface area contributed by atoms with Gasteiger partial charge >= 0.3 is 23.9 Å². The lowest BCUT2D eigenvalue weighted by Gasteiger charge is -2.49. The van der Waals surface area contributed by atoms with E-state index < -0.39 is 53.9 Å². The van der Waals surface area contributed by atoms with Crippen LogP contribution in [0.2, 0.25) is 0 Å². The van der Waals surface area contributed by atoms with Gasteiger partial charge in [0, 0.05) is 30.1 Å². The number of hydrogen-bond acceptors (Lipinski definition) is 12. The van der Waals surface area contributed by atoms with E-state index in [1.165, 1.54) is 53.1 Å². The number of rotatable bonds is 12. The highest BCUT2D eigenvalue weighted by Crippen LogP contribution is 2.42. The first-order valence-electron chi connectivity index (χ1n) is 16.1. The lowest BCUT2D eigenvalue weighted by molar-refractivity contribution is -0.154. The zero-order chi connectivity index (χ0) is 36.8. The number of β-lactam (4-membered cyclic amide) rings is 1. The molecule has 1 aromatic heterocycles. The van der Waals surface area contributed by atoms with Gasteiger partial charge in [0.15, 0.2) is 17.6 Å². The van der Waals surface area contributed by atoms with E-state index in [0.717, 1.165) is 11.8 Å². The molecule has 52 heavy (non-hydrogen) atoms. The molecule has 2 amide bonds. The van der Waals surface area contributed by atoms with Crippen molar-refractivity contribution in [3.8, 4) is 11.5 Å². The molecule has 2 aliphatic rings. The molecule has 2 aliphatic heterocycles. The molecule has 1 fully saturated rings. The number of carbonyl (C=O) groups is 6. The van der Waals surface area contributed by atoms with E-state index in [9.17, 15) is 28.8 Å². The highest BCUT2D eigenvalue weighted by atomic mass is 32.2. The molecule has 3 heterocycles. The Balaban J connectivity index is 1.27. The van der Waals surface area contributed by atoms with Crippen molar-refractivity contribution in [3.05, 3.63) is 129 Å². The first kappa shape index (κ1) is 36.1. The number of nitrogens with one attached hydrogen (secondary N) is 1. The van der Waals surface area contributed by atoms with E-state index in [-0.39, 0.29) is 40.8 Å². The molecule has 2 atom stereocenters. The van der Waals surface area contributed by atoms with Crippen molar-refractivity contribution in [3.63, 3.8) is 0 Å². The van der Waals surface area contributed by atoms with Gasteiger partial charge in [0.25, 0.3) is 5.91 Å². The molecule has 3 aromatic carbocycles. The second-order valence-corrected chi connectivity index (χ2v) is 13.8. The summed E-state index contributed by atoms with van der Waals surface area (Å²) in [6, 6.07) is 24.9. The monoisotopic (exact) mass is 740 g/mol. The molecule has 0 bridgehead atoms. The van der Waals surface area contributed by atoms with Crippen LogP contribution in [-0.4, -0.2) is 64.4 Å². The van der Waals surface area contributed by atoms with Gasteiger partial charge in [-0.3, -0.25) is 24.1 Å². The molecule has 0 spiro atoms. The lowest BCUT2D eigenvalue weighted by Crippen LogP contribution is -2.70. The second kappa shape index (κ2) is 16.1. The Bertz CT molecular complexity index is 1990. The van der Waals surface area contributed by atoms with Crippen LogP contribution < -0.4 is 14.8 Å². The molecule has 0 aliphatic carbocycles. The maximum absolute atomic E-state index is 14.2. The molecule has 1 saturated heterocycles. The van der Waals surface area contributed by atoms with Crippen LogP contribution in [0.3, 0.4) is 0 Å². The fourth-order valence-corrected chi connectivity index (χ4v) is 7.70. The summed E-state index contributed by atoms with van der Waals surface area (Å²) < 4.78 is 22.0. The summed E-state index contributed by atoms with van der Waals surface area (Å²) in [6.07, 6.45) is -0.714. The van der Waals surface area contributed by atoms with E-state index in [2.05, 4.69) is 5.32 Å². The molecule has 14 heteroatoms. The average molecular weight is 741 g/mol. The van der Waals surface area contributed by atoms with Crippen LogP contribution in [0.1, 0.15) is 46.3 Å². The molecule has 12 nitrogen and oxygen atoms in total. The number of fused-ring (bicyclic) bond motifs is 1. The van der Waals surface area contributed by atoms with Crippen molar-refractivity contribution < 1.29 is 47.7 Å². The van der Waals surface area contributed by atoms with E-state index in [0.29, 0.717) is 16.7 Å². The number of nitrogens with zero attached hydrogens (tertiary/aromatic N) is 1. The smallest absolute Gasteiger partial charge is 0.356 e. The number of amides is 2. The normalized spacial score (nSPS) is 16.4. The Morgan fingerprint density at radius 1 is 0.827 bits per heavy atom. The number of thioether (sulfide) groups is 1. The number of thiophene rings is 1. The largest absolute Gasteiger partial charge is 0.457 e. The maximum Gasteiger partial charge on any atom is 0.356 e. The molecule has 1 N–H and O–H groups in total. The summed E-state index contributed by atoms with van der Waals surface area (Å²) in [4.78, 5) is 79.4. The van der Waals surface area contributed by atoms with Crippen LogP contribution >= 0.6 is 23.1 Å². The number of hydrogen-bond donors (Lipinski definition) is 1. The van der Waals surface area contributed by atoms with Gasteiger partial charge in [0.2, 0.25) is 5.91 Å². The lowest BCUT2D eigenvalue weighted by atomic mass is 10.0. The molecule has 6 rings (SSSR count). The Morgan fingerprint density at radius 2 is 1.48 bits per heavy atom. The Morgan fingerprint density at radius 3 is 2.10 bits per heavy atom. The Labute approximate surface area is 306 Å². The summed E-state index contributed by atoms with van der Waals surface area (Å²) in [5.41, 5.74) is 1.61. The van der Waals surface area contributed by atoms with Crippen molar-refractivity contribution in [2.24, 2.45) is 0 Å². The highest BCUT2D eigenvalue weighted by Gasteiger charge is 2.54. The van der Waals surface area contributed by atoms with Crippen LogP contribution in [0.4, 0.5) is 0 Å². The minimum Gasteiger partial charge on any atom is -0.457 e. The van der Waals surface area contributed by atoms with Crippen molar-refractivity contribution >= 4 is 58.8 Å². The van der Waals surface area contributed by atoms with E-state index in [1.54, 1.807) is 0 Å². The first-order valence-corrected chi connectivity index (χ1v) is 18.0. The summed E-state index contributed by atoms with van der Waals surface area (Å²) >= 11 is 2.74. The number of esters is 4. The first-order chi connectivity index (χ1) is 25.1. The van der Waals surface area contributed by atoms with Gasteiger partial charge < -0.3 is 24.3 Å². The third-order valence-corrected chi connectivity index (χ3v) is 10.2. The third-order valence-electron chi connectivity index (χ3n) is 7.97. The topological polar surface area (TPSA) is 155 Å². The van der Waals surface area contributed by atoms with Crippen LogP contribution in [0.5, 0.6) is 11.5 Å². The maximum atomic E-state index is 14.2. The van der Waals surface area contributed by atoms with Gasteiger partial charge in [0.1, 0.15) is 23.7 Å². The molecule has 0 radical (unpaired) electrons. The van der Waals surface area contributed by atoms with Crippen molar-refractivity contribution in [2.75, 3.05) is 12.4 Å². The van der Waals surface area contributed by atoms with Crippen molar-refractivity contribution in [2.45, 2.75) is 37.8 Å². The zero-order valence-electron chi connectivity index (χ0n) is 27.9. The van der Waals surface area contributed by atoms with E-state index in [1.807, 2.05) is 78.2 Å². The van der Waals surface area contributed by atoms with E-state index in [4.69, 9.17) is 18.9 Å². The van der Waals surface area contributed by atoms with Gasteiger partial charge in [-0.05, 0) is 40.8 Å². The quantitative estimate of drug-likeness (QED) is 0.119. The summed E-state index contributed by atoms with van der Waals surface area (Å²) in [7, 11) is 0. The van der Waals surface area contributed by atoms with Crippen LogP contribution in [-0.2, 0) is 39.9 Å². The SMILES string of the molecule is CC(=O)Oc1ccc(C(=O)OCC2=C(C(=O)OC(c3ccccc3)c3ccccc3)N3C(=O)C(NC(=O)Cc4cccs4)[C@H]3SC2)cc1OC(C)=O. The Kier molecular flexibility index (Phi) is 11.2. The van der Waals surface area contributed by atoms with Gasteiger partial charge in [-0.15, -0.1) is 23.1 Å². The summed E-state index contributed by atoms with van der Waals surface area (Å²) in [5, 5.41) is 4.07. The average Bonchev–Trinajstić information content (AvgIpc) is 3.65. The molecule has 4 aromatic rings. The number of carbonyl (C=O) groups excluding carboxylic acids is 6. The fourth-order valence-electron chi connectivity index (χ4n) is 5.67. The predicted octanol–water partition coefficient (Wildman–Crippen LogP) is 4.99. The summed E-state index contributed by atoms with van der Waals surface area (Å²) in [5.74, 6) is -3.89. The number of ether oxygens (including phenoxy) is 4. The number of benzene rings is 3. The van der Waals surface area contributed by atoms with Gasteiger partial charge in [0.05, 0.1) is 12.0 Å². The van der Waals surface area contributed by atoms with Crippen molar-refractivity contribution in [1.82, 2.24) is 10.2 Å². The second-order valence-electron chi connectivity index (χ2n) is 11.7. The minimum atomic E-state index is -0.876. The van der Waals surface area contributed by atoms with Gasteiger partial charge in [-0.2, -0.15) is 0 Å². The molecular formula is C38H32N2O10S2. The Hall–Kier alpha value is -5.73. The zero-order valence-corrected chi connectivity index (χ0v) is 29.6. The summed E-state index contributed by atoms with van der Waals surface area (Å²) in [6.45, 7) is 1.94. The fraction of sp³-hybridized carbons (Fsp3) is 0.211. The molecule has 1 unspecified atom stereocenters. The van der Waals surface area contributed by atoms with Gasteiger partial charge in [-0.25, -0.2) is 9.59 Å². The van der Waals surface area contributed by atoms with Gasteiger partial charge in [-0.1, -0.05) is 66.7 Å². The molecule has 266 valence electrons. The van der Waals surface area contributed by atoms with E-state index >= 15 is 0 Å². The van der Waals surface area contributed by atoms with Crippen LogP contribution in [0.25, 0.3) is 0 Å². The highest BCUT2D eigenvalue weighted by molar-refractivity contribution is 8.00.